The Bertz CT molecular complexity index is 902. The predicted molar refractivity (Wildman–Crippen MR) is 83.5 cm³/mol. The van der Waals surface area contributed by atoms with Gasteiger partial charge in [0.25, 0.3) is 0 Å². The predicted octanol–water partition coefficient (Wildman–Crippen LogP) is 3.90. The van der Waals surface area contributed by atoms with Crippen molar-refractivity contribution in [2.45, 2.75) is 6.92 Å². The number of ether oxygens (including phenoxy) is 1. The quantitative estimate of drug-likeness (QED) is 0.539. The molecule has 0 radical (unpaired) electrons. The van der Waals surface area contributed by atoms with E-state index in [4.69, 9.17) is 27.9 Å². The molecule has 1 aliphatic rings. The summed E-state index contributed by atoms with van der Waals surface area (Å²) in [5.41, 5.74) is 4.56. The first-order valence-electron chi connectivity index (χ1n) is 6.47. The number of fused-ring (bicyclic) bond motifs is 2. The minimum atomic E-state index is 0.625. The number of aromatic nitrogens is 2. The van der Waals surface area contributed by atoms with Crippen LogP contribution < -0.4 is 14.6 Å². The summed E-state index contributed by atoms with van der Waals surface area (Å²) in [6.45, 7) is 2.02. The number of halogens is 2. The van der Waals surface area contributed by atoms with Gasteiger partial charge in [-0.1, -0.05) is 23.2 Å². The van der Waals surface area contributed by atoms with E-state index in [9.17, 15) is 0 Å². The summed E-state index contributed by atoms with van der Waals surface area (Å²) in [6.07, 6.45) is 3.99. The molecule has 0 fully saturated rings. The third-order valence-corrected chi connectivity index (χ3v) is 4.41. The van der Waals surface area contributed by atoms with Gasteiger partial charge >= 0.3 is 5.65 Å². The molecular weight excluding hydrogens is 309 g/mol. The zero-order valence-electron chi connectivity index (χ0n) is 11.4. The lowest BCUT2D eigenvalue weighted by atomic mass is 10.2. The number of nitrogens with one attached hydrogen (secondary N) is 1. The Kier molecular flexibility index (Phi) is 2.62. The number of hydrogen-bond donors (Lipinski definition) is 1. The molecule has 4 nitrogen and oxygen atoms in total. The van der Waals surface area contributed by atoms with Crippen LogP contribution in [0.1, 0.15) is 5.69 Å². The maximum absolute atomic E-state index is 6.40. The van der Waals surface area contributed by atoms with E-state index in [1.54, 1.807) is 7.11 Å². The van der Waals surface area contributed by atoms with Crippen LogP contribution in [0, 0.1) is 6.92 Å². The number of anilines is 2. The van der Waals surface area contributed by atoms with Crippen molar-refractivity contribution in [1.82, 2.24) is 4.40 Å². The highest BCUT2D eigenvalue weighted by Crippen LogP contribution is 2.42. The van der Waals surface area contributed by atoms with Crippen molar-refractivity contribution in [2.24, 2.45) is 0 Å². The smallest absolute Gasteiger partial charge is 0.317 e. The molecule has 0 saturated carbocycles. The Hall–Kier alpha value is -1.91. The van der Waals surface area contributed by atoms with Crippen LogP contribution in [0.2, 0.25) is 10.0 Å². The van der Waals surface area contributed by atoms with E-state index >= 15 is 0 Å². The van der Waals surface area contributed by atoms with Gasteiger partial charge in [-0.3, -0.25) is 0 Å². The number of nitrogens with zero attached hydrogens (tertiary/aromatic N) is 2. The first-order valence-corrected chi connectivity index (χ1v) is 7.23. The van der Waals surface area contributed by atoms with E-state index in [0.29, 0.717) is 10.0 Å². The first kappa shape index (κ1) is 12.8. The summed E-state index contributed by atoms with van der Waals surface area (Å²) in [6, 6.07) is 5.61. The monoisotopic (exact) mass is 320 g/mol. The molecule has 0 saturated heterocycles. The van der Waals surface area contributed by atoms with Crippen LogP contribution in [0.15, 0.2) is 30.6 Å². The number of methoxy groups -OCH3 is 1. The minimum absolute atomic E-state index is 0.625. The molecule has 0 atom stereocenters. The first-order chi connectivity index (χ1) is 10.1. The van der Waals surface area contributed by atoms with Gasteiger partial charge in [-0.25, -0.2) is 0 Å². The Morgan fingerprint density at radius 2 is 2.00 bits per heavy atom. The van der Waals surface area contributed by atoms with Crippen molar-refractivity contribution >= 4 is 40.2 Å². The molecule has 0 aliphatic carbocycles. The molecule has 21 heavy (non-hydrogen) atoms. The molecule has 106 valence electrons. The molecule has 1 aromatic carbocycles. The van der Waals surface area contributed by atoms with E-state index in [2.05, 4.69) is 9.72 Å². The summed E-state index contributed by atoms with van der Waals surface area (Å²) in [5, 5.41) is 4.63. The van der Waals surface area contributed by atoms with E-state index in [0.717, 1.165) is 34.2 Å². The highest BCUT2D eigenvalue weighted by atomic mass is 35.5. The van der Waals surface area contributed by atoms with Gasteiger partial charge in [0, 0.05) is 6.07 Å². The van der Waals surface area contributed by atoms with Crippen molar-refractivity contribution in [3.63, 3.8) is 0 Å². The third-order valence-electron chi connectivity index (χ3n) is 3.80. The van der Waals surface area contributed by atoms with E-state index in [-0.39, 0.29) is 0 Å². The van der Waals surface area contributed by atoms with Crippen LogP contribution in [-0.4, -0.2) is 11.5 Å². The van der Waals surface area contributed by atoms with Crippen molar-refractivity contribution in [3.05, 3.63) is 46.3 Å². The Morgan fingerprint density at radius 1 is 1.19 bits per heavy atom. The van der Waals surface area contributed by atoms with Gasteiger partial charge in [0.05, 0.1) is 17.2 Å². The molecule has 3 aromatic rings. The van der Waals surface area contributed by atoms with Gasteiger partial charge in [-0.2, -0.15) is 8.97 Å². The lowest BCUT2D eigenvalue weighted by Crippen LogP contribution is -2.34. The van der Waals surface area contributed by atoms with Crippen molar-refractivity contribution in [3.8, 4) is 11.4 Å². The average molecular weight is 321 g/mol. The van der Waals surface area contributed by atoms with Crippen LogP contribution in [0.25, 0.3) is 11.3 Å². The summed E-state index contributed by atoms with van der Waals surface area (Å²) in [4.78, 5) is 0. The summed E-state index contributed by atoms with van der Waals surface area (Å²) in [5.74, 6) is 0.753. The van der Waals surface area contributed by atoms with E-state index in [1.807, 2.05) is 42.1 Å². The number of aryl methyl sites for hydroxylation is 1. The summed E-state index contributed by atoms with van der Waals surface area (Å²) in [7, 11) is 1.65. The fourth-order valence-corrected chi connectivity index (χ4v) is 3.33. The van der Waals surface area contributed by atoms with Gasteiger partial charge in [0.2, 0.25) is 0 Å². The second-order valence-corrected chi connectivity index (χ2v) is 5.78. The van der Waals surface area contributed by atoms with Gasteiger partial charge in [0.1, 0.15) is 29.5 Å². The molecule has 4 rings (SSSR count). The molecule has 0 amide bonds. The van der Waals surface area contributed by atoms with Crippen LogP contribution in [0.3, 0.4) is 0 Å². The molecule has 0 spiro atoms. The number of pyridine rings is 1. The second kappa shape index (κ2) is 4.29. The van der Waals surface area contributed by atoms with Crippen LogP contribution in [0.5, 0.6) is 5.75 Å². The maximum atomic E-state index is 6.40. The highest BCUT2D eigenvalue weighted by Gasteiger charge is 2.32. The van der Waals surface area contributed by atoms with Gasteiger partial charge in [-0.05, 0) is 19.1 Å². The second-order valence-electron chi connectivity index (χ2n) is 4.97. The number of hydrogen-bond acceptors (Lipinski definition) is 2. The molecule has 3 heterocycles. The number of rotatable bonds is 1. The topological polar surface area (TPSA) is 29.5 Å². The maximum Gasteiger partial charge on any atom is 0.317 e. The molecule has 6 heteroatoms. The third kappa shape index (κ3) is 1.60. The van der Waals surface area contributed by atoms with E-state index in [1.165, 1.54) is 0 Å². The van der Waals surface area contributed by atoms with Gasteiger partial charge in [-0.15, -0.1) is 0 Å². The summed E-state index contributed by atoms with van der Waals surface area (Å²) >= 11 is 12.7. The lowest BCUT2D eigenvalue weighted by Gasteiger charge is -2.19. The zero-order chi connectivity index (χ0) is 14.7. The van der Waals surface area contributed by atoms with E-state index < -0.39 is 0 Å². The van der Waals surface area contributed by atoms with Crippen molar-refractivity contribution in [1.29, 1.82) is 0 Å². The number of imidazole rings is 1. The molecule has 2 aromatic heterocycles. The molecule has 1 aliphatic heterocycles. The molecular formula is C15H12Cl2N3O+. The Balaban J connectivity index is 2.19. The highest BCUT2D eigenvalue weighted by molar-refractivity contribution is 6.36. The minimum Gasteiger partial charge on any atom is -0.492 e. The molecule has 0 bridgehead atoms. The van der Waals surface area contributed by atoms with Crippen LogP contribution >= 0.6 is 23.2 Å². The van der Waals surface area contributed by atoms with Crippen molar-refractivity contribution < 1.29 is 9.30 Å². The fraction of sp³-hybridized carbons (Fsp3) is 0.133. The Morgan fingerprint density at radius 3 is 2.76 bits per heavy atom. The lowest BCUT2D eigenvalue weighted by molar-refractivity contribution is -0.566. The number of benzene rings is 1. The average Bonchev–Trinajstić information content (AvgIpc) is 2.91. The van der Waals surface area contributed by atoms with Crippen molar-refractivity contribution in [2.75, 3.05) is 12.4 Å². The normalized spacial score (nSPS) is 12.2. The van der Waals surface area contributed by atoms with Gasteiger partial charge in [0.15, 0.2) is 11.4 Å². The molecule has 0 unspecified atom stereocenters. The zero-order valence-corrected chi connectivity index (χ0v) is 13.0. The fourth-order valence-electron chi connectivity index (χ4n) is 2.84. The van der Waals surface area contributed by atoms with Gasteiger partial charge < -0.3 is 10.1 Å². The summed E-state index contributed by atoms with van der Waals surface area (Å²) < 4.78 is 9.61. The SMILES string of the molecule is COc1ccc(Cl)c2c1-[n+]1ccn3c(C)cc(Cl)c(c31)N2. The Labute approximate surface area is 131 Å². The largest absolute Gasteiger partial charge is 0.492 e. The molecule has 1 N–H and O–H groups in total. The standard InChI is InChI=1S/C15H12Cl2N3O/c1-8-7-10(17)13-15-19(8)5-6-20(15)14-11(21-2)4-3-9(16)12(14)18-13/h3-7,18H,1-2H3/q+1. The van der Waals surface area contributed by atoms with Crippen LogP contribution in [-0.2, 0) is 0 Å². The van der Waals surface area contributed by atoms with Crippen LogP contribution in [0.4, 0.5) is 11.4 Å².